The summed E-state index contributed by atoms with van der Waals surface area (Å²) in [6, 6.07) is 6.02. The van der Waals surface area contributed by atoms with E-state index in [1.807, 2.05) is 25.1 Å². The van der Waals surface area contributed by atoms with Crippen molar-refractivity contribution in [3.8, 4) is 5.75 Å². The Balaban J connectivity index is 1.97. The zero-order chi connectivity index (χ0) is 12.3. The fourth-order valence-electron chi connectivity index (χ4n) is 2.11. The van der Waals surface area contributed by atoms with Crippen LogP contribution in [-0.2, 0) is 11.2 Å². The quantitative estimate of drug-likeness (QED) is 0.821. The average Bonchev–Trinajstić information content (AvgIpc) is 2.69. The second kappa shape index (κ2) is 5.19. The Morgan fingerprint density at radius 1 is 1.59 bits per heavy atom. The molecule has 0 spiro atoms. The SMILES string of the molecule is CCNC(=O)COc1ccc2c(c1)CC[C@H]2N. The van der Waals surface area contributed by atoms with Crippen LogP contribution in [0.2, 0.25) is 0 Å². The minimum atomic E-state index is -0.0929. The summed E-state index contributed by atoms with van der Waals surface area (Å²) in [4.78, 5) is 11.2. The maximum Gasteiger partial charge on any atom is 0.257 e. The molecular formula is C13H18N2O2. The van der Waals surface area contributed by atoms with Gasteiger partial charge in [-0.3, -0.25) is 4.79 Å². The van der Waals surface area contributed by atoms with Crippen LogP contribution in [0.4, 0.5) is 0 Å². The number of carbonyl (C=O) groups excluding carboxylic acids is 1. The van der Waals surface area contributed by atoms with Crippen molar-refractivity contribution in [1.29, 1.82) is 0 Å². The molecule has 4 heteroatoms. The molecule has 0 saturated carbocycles. The molecule has 1 amide bonds. The Morgan fingerprint density at radius 3 is 3.18 bits per heavy atom. The van der Waals surface area contributed by atoms with Crippen LogP contribution in [0.1, 0.15) is 30.5 Å². The number of hydrogen-bond donors (Lipinski definition) is 2. The smallest absolute Gasteiger partial charge is 0.257 e. The fraction of sp³-hybridized carbons (Fsp3) is 0.462. The molecule has 0 fully saturated rings. The van der Waals surface area contributed by atoms with Gasteiger partial charge >= 0.3 is 0 Å². The van der Waals surface area contributed by atoms with Crippen molar-refractivity contribution >= 4 is 5.91 Å². The summed E-state index contributed by atoms with van der Waals surface area (Å²) in [5, 5.41) is 2.69. The summed E-state index contributed by atoms with van der Waals surface area (Å²) in [5.41, 5.74) is 8.40. The molecule has 17 heavy (non-hydrogen) atoms. The van der Waals surface area contributed by atoms with E-state index in [4.69, 9.17) is 10.5 Å². The van der Waals surface area contributed by atoms with Gasteiger partial charge in [-0.2, -0.15) is 0 Å². The van der Waals surface area contributed by atoms with E-state index in [1.54, 1.807) is 0 Å². The van der Waals surface area contributed by atoms with Gasteiger partial charge in [-0.1, -0.05) is 6.07 Å². The van der Waals surface area contributed by atoms with E-state index in [0.717, 1.165) is 18.6 Å². The molecule has 4 nitrogen and oxygen atoms in total. The van der Waals surface area contributed by atoms with E-state index >= 15 is 0 Å². The number of fused-ring (bicyclic) bond motifs is 1. The monoisotopic (exact) mass is 234 g/mol. The number of rotatable bonds is 4. The van der Waals surface area contributed by atoms with Crippen molar-refractivity contribution in [2.24, 2.45) is 5.73 Å². The fourth-order valence-corrected chi connectivity index (χ4v) is 2.11. The van der Waals surface area contributed by atoms with Crippen LogP contribution in [0.3, 0.4) is 0 Å². The van der Waals surface area contributed by atoms with Crippen LogP contribution >= 0.6 is 0 Å². The van der Waals surface area contributed by atoms with Gasteiger partial charge in [0.05, 0.1) is 0 Å². The van der Waals surface area contributed by atoms with Gasteiger partial charge in [0, 0.05) is 12.6 Å². The third-order valence-corrected chi connectivity index (χ3v) is 2.98. The largest absolute Gasteiger partial charge is 0.484 e. The molecule has 92 valence electrons. The maximum atomic E-state index is 11.2. The van der Waals surface area contributed by atoms with Crippen molar-refractivity contribution < 1.29 is 9.53 Å². The molecule has 0 heterocycles. The van der Waals surface area contributed by atoms with Crippen LogP contribution in [0, 0.1) is 0 Å². The van der Waals surface area contributed by atoms with E-state index in [0.29, 0.717) is 6.54 Å². The molecule has 0 aromatic heterocycles. The average molecular weight is 234 g/mol. The Kier molecular flexibility index (Phi) is 3.64. The Labute approximate surface area is 101 Å². The molecule has 0 aliphatic heterocycles. The number of likely N-dealkylation sites (N-methyl/N-ethyl adjacent to an activating group) is 1. The number of carbonyl (C=O) groups is 1. The third-order valence-electron chi connectivity index (χ3n) is 2.98. The highest BCUT2D eigenvalue weighted by atomic mass is 16.5. The molecule has 1 aliphatic rings. The van der Waals surface area contributed by atoms with Crippen molar-refractivity contribution in [3.05, 3.63) is 29.3 Å². The van der Waals surface area contributed by atoms with Crippen LogP contribution < -0.4 is 15.8 Å². The van der Waals surface area contributed by atoms with Gasteiger partial charge in [0.1, 0.15) is 5.75 Å². The number of benzene rings is 1. The summed E-state index contributed by atoms with van der Waals surface area (Å²) >= 11 is 0. The Bertz CT molecular complexity index is 418. The van der Waals surface area contributed by atoms with Gasteiger partial charge in [0.25, 0.3) is 5.91 Å². The molecule has 1 aromatic carbocycles. The van der Waals surface area contributed by atoms with E-state index in [9.17, 15) is 4.79 Å². The van der Waals surface area contributed by atoms with E-state index in [2.05, 4.69) is 5.32 Å². The van der Waals surface area contributed by atoms with E-state index < -0.39 is 0 Å². The first-order valence-electron chi connectivity index (χ1n) is 5.98. The zero-order valence-electron chi connectivity index (χ0n) is 10.0. The first-order valence-corrected chi connectivity index (χ1v) is 5.98. The molecule has 2 rings (SSSR count). The number of nitrogens with one attached hydrogen (secondary N) is 1. The predicted octanol–water partition coefficient (Wildman–Crippen LogP) is 1.15. The van der Waals surface area contributed by atoms with Crippen LogP contribution in [0.15, 0.2) is 18.2 Å². The summed E-state index contributed by atoms with van der Waals surface area (Å²) < 4.78 is 5.43. The third kappa shape index (κ3) is 2.77. The molecule has 1 aliphatic carbocycles. The molecule has 0 bridgehead atoms. The van der Waals surface area contributed by atoms with Crippen LogP contribution in [0.5, 0.6) is 5.75 Å². The summed E-state index contributed by atoms with van der Waals surface area (Å²) in [5.74, 6) is 0.647. The number of amides is 1. The van der Waals surface area contributed by atoms with E-state index in [1.165, 1.54) is 11.1 Å². The lowest BCUT2D eigenvalue weighted by atomic mass is 10.1. The first kappa shape index (κ1) is 11.9. The summed E-state index contributed by atoms with van der Waals surface area (Å²) in [6.45, 7) is 2.58. The number of hydrogen-bond acceptors (Lipinski definition) is 3. The second-order valence-corrected chi connectivity index (χ2v) is 4.25. The van der Waals surface area contributed by atoms with Gasteiger partial charge < -0.3 is 15.8 Å². The van der Waals surface area contributed by atoms with Crippen molar-refractivity contribution in [2.45, 2.75) is 25.8 Å². The second-order valence-electron chi connectivity index (χ2n) is 4.25. The van der Waals surface area contributed by atoms with Gasteiger partial charge in [0.15, 0.2) is 6.61 Å². The molecule has 1 atom stereocenters. The molecule has 3 N–H and O–H groups in total. The summed E-state index contributed by atoms with van der Waals surface area (Å²) in [6.07, 6.45) is 1.99. The number of nitrogens with two attached hydrogens (primary N) is 1. The van der Waals surface area contributed by atoms with Gasteiger partial charge in [-0.25, -0.2) is 0 Å². The topological polar surface area (TPSA) is 64.3 Å². The summed E-state index contributed by atoms with van der Waals surface area (Å²) in [7, 11) is 0. The molecule has 0 radical (unpaired) electrons. The lowest BCUT2D eigenvalue weighted by molar-refractivity contribution is -0.122. The Hall–Kier alpha value is -1.55. The van der Waals surface area contributed by atoms with Gasteiger partial charge in [0.2, 0.25) is 0 Å². The normalized spacial score (nSPS) is 17.6. The minimum Gasteiger partial charge on any atom is -0.484 e. The van der Waals surface area contributed by atoms with Crippen molar-refractivity contribution in [2.75, 3.05) is 13.2 Å². The highest BCUT2D eigenvalue weighted by molar-refractivity contribution is 5.77. The van der Waals surface area contributed by atoms with Gasteiger partial charge in [-0.05, 0) is 43.0 Å². The molecular weight excluding hydrogens is 216 g/mol. The van der Waals surface area contributed by atoms with Crippen LogP contribution in [0.25, 0.3) is 0 Å². The maximum absolute atomic E-state index is 11.2. The number of aryl methyl sites for hydroxylation is 1. The van der Waals surface area contributed by atoms with Crippen molar-refractivity contribution in [3.63, 3.8) is 0 Å². The van der Waals surface area contributed by atoms with Gasteiger partial charge in [-0.15, -0.1) is 0 Å². The molecule has 1 aromatic rings. The lowest BCUT2D eigenvalue weighted by Crippen LogP contribution is -2.28. The molecule has 0 saturated heterocycles. The highest BCUT2D eigenvalue weighted by Crippen LogP contribution is 2.31. The first-order chi connectivity index (χ1) is 8.20. The number of ether oxygens (including phenoxy) is 1. The molecule has 0 unspecified atom stereocenters. The Morgan fingerprint density at radius 2 is 2.41 bits per heavy atom. The van der Waals surface area contributed by atoms with E-state index in [-0.39, 0.29) is 18.6 Å². The predicted molar refractivity (Wildman–Crippen MR) is 65.9 cm³/mol. The van der Waals surface area contributed by atoms with Crippen molar-refractivity contribution in [1.82, 2.24) is 5.32 Å². The lowest BCUT2D eigenvalue weighted by Gasteiger charge is -2.09. The zero-order valence-corrected chi connectivity index (χ0v) is 10.0. The van der Waals surface area contributed by atoms with Crippen LogP contribution in [-0.4, -0.2) is 19.1 Å². The standard InChI is InChI=1S/C13H18N2O2/c1-2-15-13(16)8-17-10-4-5-11-9(7-10)3-6-12(11)14/h4-5,7,12H,2-3,6,8,14H2,1H3,(H,15,16)/t12-/m1/s1. The highest BCUT2D eigenvalue weighted by Gasteiger charge is 2.19. The minimum absolute atomic E-state index is 0.0681.